The third-order valence-corrected chi connectivity index (χ3v) is 3.84. The summed E-state index contributed by atoms with van der Waals surface area (Å²) in [6.07, 6.45) is 24.0. The van der Waals surface area contributed by atoms with E-state index < -0.39 is 0 Å². The van der Waals surface area contributed by atoms with E-state index in [4.69, 9.17) is 4.74 Å². The van der Waals surface area contributed by atoms with E-state index in [0.29, 0.717) is 6.61 Å². The summed E-state index contributed by atoms with van der Waals surface area (Å²) >= 11 is 0. The van der Waals surface area contributed by atoms with E-state index in [9.17, 15) is 0 Å². The smallest absolute Gasteiger partial charge is 0.0644 e. The lowest BCUT2D eigenvalue weighted by Crippen LogP contribution is -1.91. The first kappa shape index (κ1) is 52.2. The van der Waals surface area contributed by atoms with Gasteiger partial charge in [0, 0.05) is 6.61 Å². The maximum Gasteiger partial charge on any atom is 0.0644 e. The number of hydrogen-bond acceptors (Lipinski definition) is 1. The normalized spacial score (nSPS) is 8.95. The Bertz CT molecular complexity index is 397. The highest BCUT2D eigenvalue weighted by molar-refractivity contribution is 5.15. The van der Waals surface area contributed by atoms with Gasteiger partial charge in [-0.3, -0.25) is 0 Å². The molecule has 0 aromatic carbocycles. The van der Waals surface area contributed by atoms with Gasteiger partial charge in [-0.1, -0.05) is 156 Å². The molecule has 0 heterocycles. The van der Waals surface area contributed by atoms with Crippen LogP contribution >= 0.6 is 0 Å². The quantitative estimate of drug-likeness (QED) is 0.125. The van der Waals surface area contributed by atoms with Crippen LogP contribution in [0.3, 0.4) is 0 Å². The highest BCUT2D eigenvalue weighted by Gasteiger charge is 1.84. The number of hydrogen-bond donors (Lipinski definition) is 0. The Morgan fingerprint density at radius 1 is 0.730 bits per heavy atom. The summed E-state index contributed by atoms with van der Waals surface area (Å²) in [7, 11) is 0. The third kappa shape index (κ3) is 119. The summed E-state index contributed by atoms with van der Waals surface area (Å²) in [5, 5.41) is 0. The van der Waals surface area contributed by atoms with Crippen molar-refractivity contribution in [1.29, 1.82) is 0 Å². The van der Waals surface area contributed by atoms with Gasteiger partial charge in [0.1, 0.15) is 0 Å². The van der Waals surface area contributed by atoms with Gasteiger partial charge in [-0.25, -0.2) is 0 Å². The predicted octanol–water partition coefficient (Wildman–Crippen LogP) is 13.9. The fraction of sp³-hybridized carbons (Fsp3) is 0.722. The largest absolute Gasteiger partial charge is 0.377 e. The highest BCUT2D eigenvalue weighted by atomic mass is 16.5. The van der Waals surface area contributed by atoms with Gasteiger partial charge in [0.25, 0.3) is 0 Å². The minimum Gasteiger partial charge on any atom is -0.377 e. The fourth-order valence-corrected chi connectivity index (χ4v) is 1.97. The topological polar surface area (TPSA) is 9.23 Å². The molecule has 226 valence electrons. The summed E-state index contributed by atoms with van der Waals surface area (Å²) in [4.78, 5) is 0. The van der Waals surface area contributed by atoms with Crippen LogP contribution in [0.4, 0.5) is 0 Å². The molecule has 0 fully saturated rings. The van der Waals surface area contributed by atoms with Crippen molar-refractivity contribution in [3.8, 4) is 0 Å². The van der Waals surface area contributed by atoms with Crippen LogP contribution in [0.1, 0.15) is 161 Å². The Hall–Kier alpha value is -1.34. The second-order valence-corrected chi connectivity index (χ2v) is 8.13. The van der Waals surface area contributed by atoms with Crippen molar-refractivity contribution in [2.24, 2.45) is 0 Å². The van der Waals surface area contributed by atoms with Crippen molar-refractivity contribution in [2.75, 3.05) is 13.2 Å². The molecule has 0 bridgehead atoms. The van der Waals surface area contributed by atoms with Crippen molar-refractivity contribution in [1.82, 2.24) is 0 Å². The molecular formula is C36H76O. The predicted molar refractivity (Wildman–Crippen MR) is 182 cm³/mol. The maximum absolute atomic E-state index is 5.11. The molecule has 0 rings (SSSR count). The molecule has 0 radical (unpaired) electrons. The summed E-state index contributed by atoms with van der Waals surface area (Å²) in [6, 6.07) is 0. The number of allylic oxidation sites excluding steroid dienone is 6. The van der Waals surface area contributed by atoms with Gasteiger partial charge in [-0.15, -0.1) is 19.7 Å². The van der Waals surface area contributed by atoms with Crippen molar-refractivity contribution >= 4 is 0 Å². The molecule has 0 aliphatic rings. The van der Waals surface area contributed by atoms with Gasteiger partial charge < -0.3 is 4.74 Å². The summed E-state index contributed by atoms with van der Waals surface area (Å²) < 4.78 is 5.11. The minimum atomic E-state index is 0.694. The summed E-state index contributed by atoms with van der Waals surface area (Å²) in [6.45, 7) is 39.6. The van der Waals surface area contributed by atoms with Crippen LogP contribution in [-0.2, 0) is 4.74 Å². The van der Waals surface area contributed by atoms with Gasteiger partial charge in [-0.2, -0.15) is 0 Å². The monoisotopic (exact) mass is 525 g/mol. The van der Waals surface area contributed by atoms with Crippen LogP contribution in [0, 0.1) is 0 Å². The molecule has 0 amide bonds. The van der Waals surface area contributed by atoms with Crippen LogP contribution in [0.5, 0.6) is 0 Å². The maximum atomic E-state index is 5.11. The summed E-state index contributed by atoms with van der Waals surface area (Å²) in [5.74, 6) is 0. The van der Waals surface area contributed by atoms with Gasteiger partial charge in [0.2, 0.25) is 0 Å². The van der Waals surface area contributed by atoms with Crippen molar-refractivity contribution in [3.05, 3.63) is 61.3 Å². The Balaban J connectivity index is -0.0000000620. The second kappa shape index (κ2) is 70.1. The van der Waals surface area contributed by atoms with E-state index in [1.165, 1.54) is 56.1 Å². The molecule has 0 N–H and O–H groups in total. The van der Waals surface area contributed by atoms with Gasteiger partial charge in [-0.05, 0) is 46.5 Å². The zero-order chi connectivity index (χ0) is 30.6. The fourth-order valence-electron chi connectivity index (χ4n) is 1.97. The molecule has 0 aliphatic carbocycles. The van der Waals surface area contributed by atoms with E-state index in [2.05, 4.69) is 93.4 Å². The van der Waals surface area contributed by atoms with E-state index >= 15 is 0 Å². The Morgan fingerprint density at radius 3 is 1.46 bits per heavy atom. The first-order chi connectivity index (χ1) is 17.8. The molecular weight excluding hydrogens is 448 g/mol. The minimum absolute atomic E-state index is 0.694. The SMILES string of the molecule is C=C(C)CC/C=C(C)\C=C/C.C=CCC.C=CCOCCCC.CC.CC.CCC.CCCCCCC. The molecule has 37 heavy (non-hydrogen) atoms. The first-order valence-electron chi connectivity index (χ1n) is 15.6. The van der Waals surface area contributed by atoms with Crippen molar-refractivity contribution in [2.45, 2.75) is 161 Å². The zero-order valence-corrected chi connectivity index (χ0v) is 28.6. The van der Waals surface area contributed by atoms with Crippen molar-refractivity contribution in [3.63, 3.8) is 0 Å². The van der Waals surface area contributed by atoms with Crippen LogP contribution in [0.15, 0.2) is 61.3 Å². The molecule has 1 heteroatoms. The molecule has 0 aliphatic heterocycles. The molecule has 1 nitrogen and oxygen atoms in total. The van der Waals surface area contributed by atoms with Crippen LogP contribution in [-0.4, -0.2) is 13.2 Å². The molecule has 0 aromatic rings. The Labute approximate surface area is 239 Å². The second-order valence-electron chi connectivity index (χ2n) is 8.13. The average Bonchev–Trinajstić information content (AvgIpc) is 2.91. The lowest BCUT2D eigenvalue weighted by Gasteiger charge is -1.95. The molecule has 0 saturated carbocycles. The highest BCUT2D eigenvalue weighted by Crippen LogP contribution is 2.04. The van der Waals surface area contributed by atoms with Crippen LogP contribution in [0.2, 0.25) is 0 Å². The van der Waals surface area contributed by atoms with E-state index in [1.807, 2.05) is 40.7 Å². The lowest BCUT2D eigenvalue weighted by atomic mass is 10.1. The lowest BCUT2D eigenvalue weighted by molar-refractivity contribution is 0.159. The van der Waals surface area contributed by atoms with Crippen LogP contribution in [0.25, 0.3) is 0 Å². The Kier molecular flexibility index (Phi) is 98.9. The van der Waals surface area contributed by atoms with E-state index in [0.717, 1.165) is 32.3 Å². The van der Waals surface area contributed by atoms with Crippen molar-refractivity contribution < 1.29 is 4.74 Å². The van der Waals surface area contributed by atoms with Gasteiger partial charge in [0.15, 0.2) is 0 Å². The standard InChI is InChI=1S/C11H18.C7H14O.C7H16.C4H8.C3H8.2C2H6/c1-5-7-11(4)9-6-8-10(2)3;1-3-5-7-8-6-4-2;1-3-5-7-6-4-2;1-3-4-2;1-3-2;2*1-2/h5,7,9H,2,6,8H2,1,3-4H3;4H,2-3,5-7H2,1H3;3-7H2,1-2H3;3H,1,4H2,2H3;3H2,1-2H3;2*1-2H3/b7-5-,11-9-;;;;;;. The van der Waals surface area contributed by atoms with Gasteiger partial charge in [0.05, 0.1) is 6.61 Å². The zero-order valence-electron chi connectivity index (χ0n) is 28.6. The molecule has 0 saturated heterocycles. The Morgan fingerprint density at radius 2 is 1.16 bits per heavy atom. The number of ether oxygens (including phenoxy) is 1. The van der Waals surface area contributed by atoms with E-state index in [1.54, 1.807) is 6.08 Å². The number of rotatable bonds is 14. The van der Waals surface area contributed by atoms with Gasteiger partial charge >= 0.3 is 0 Å². The third-order valence-electron chi connectivity index (χ3n) is 3.84. The summed E-state index contributed by atoms with van der Waals surface area (Å²) in [5.41, 5.74) is 2.60. The van der Waals surface area contributed by atoms with Crippen LogP contribution < -0.4 is 0 Å². The average molecular weight is 525 g/mol. The number of unbranched alkanes of at least 4 members (excludes halogenated alkanes) is 5. The molecule has 0 unspecified atom stereocenters. The van der Waals surface area contributed by atoms with E-state index in [-0.39, 0.29) is 0 Å². The molecule has 0 aromatic heterocycles. The molecule has 0 atom stereocenters. The molecule has 0 spiro atoms. The first-order valence-corrected chi connectivity index (χ1v) is 15.6.